The van der Waals surface area contributed by atoms with Crippen molar-refractivity contribution in [2.45, 2.75) is 24.8 Å². The molecule has 5 nitrogen and oxygen atoms in total. The van der Waals surface area contributed by atoms with Crippen molar-refractivity contribution in [3.8, 4) is 0 Å². The number of anilines is 1. The Morgan fingerprint density at radius 1 is 1.00 bits per heavy atom. The lowest BCUT2D eigenvalue weighted by atomic mass is 10.2. The van der Waals surface area contributed by atoms with Crippen molar-refractivity contribution in [2.75, 3.05) is 4.72 Å². The molecule has 28 heavy (non-hydrogen) atoms. The average Bonchev–Trinajstić information content (AvgIpc) is 3.10. The third kappa shape index (κ3) is 4.01. The van der Waals surface area contributed by atoms with Gasteiger partial charge in [-0.3, -0.25) is 9.40 Å². The largest absolute Gasteiger partial charge is 0.266 e. The summed E-state index contributed by atoms with van der Waals surface area (Å²) in [5.74, 6) is -6.24. The number of rotatable bonds is 6. The van der Waals surface area contributed by atoms with Gasteiger partial charge in [-0.25, -0.2) is 26.0 Å². The van der Waals surface area contributed by atoms with Crippen molar-refractivity contribution in [3.63, 3.8) is 0 Å². The topological polar surface area (TPSA) is 64.0 Å². The zero-order valence-electron chi connectivity index (χ0n) is 14.6. The fourth-order valence-corrected chi connectivity index (χ4v) is 3.52. The molecule has 0 aliphatic heterocycles. The fourth-order valence-electron chi connectivity index (χ4n) is 2.53. The minimum Gasteiger partial charge on any atom is -0.266 e. The number of benzene rings is 2. The predicted molar refractivity (Wildman–Crippen MR) is 94.2 cm³/mol. The van der Waals surface area contributed by atoms with Gasteiger partial charge in [-0.1, -0.05) is 19.1 Å². The van der Waals surface area contributed by atoms with E-state index in [1.54, 1.807) is 12.1 Å². The maximum absolute atomic E-state index is 13.8. The summed E-state index contributed by atoms with van der Waals surface area (Å²) < 4.78 is 82.1. The Morgan fingerprint density at radius 3 is 2.18 bits per heavy atom. The Morgan fingerprint density at radius 2 is 1.61 bits per heavy atom. The molecule has 0 saturated carbocycles. The van der Waals surface area contributed by atoms with Crippen LogP contribution >= 0.6 is 0 Å². The second kappa shape index (κ2) is 7.63. The molecule has 1 aromatic heterocycles. The molecule has 0 saturated heterocycles. The summed E-state index contributed by atoms with van der Waals surface area (Å²) in [6.45, 7) is 1.31. The van der Waals surface area contributed by atoms with E-state index in [0.717, 1.165) is 16.7 Å². The van der Waals surface area contributed by atoms with Crippen molar-refractivity contribution in [1.29, 1.82) is 0 Å². The maximum atomic E-state index is 13.8. The first-order chi connectivity index (χ1) is 13.2. The third-order valence-corrected chi connectivity index (χ3v) is 5.41. The molecule has 148 valence electrons. The number of aryl methyl sites for hydroxylation is 1. The van der Waals surface area contributed by atoms with E-state index in [0.29, 0.717) is 0 Å². The minimum absolute atomic E-state index is 0.0172. The van der Waals surface area contributed by atoms with Gasteiger partial charge in [-0.2, -0.15) is 5.10 Å². The van der Waals surface area contributed by atoms with Crippen LogP contribution in [-0.2, 0) is 23.0 Å². The smallest absolute Gasteiger partial charge is 0.263 e. The molecule has 0 aliphatic rings. The summed E-state index contributed by atoms with van der Waals surface area (Å²) in [4.78, 5) is 0.0172. The summed E-state index contributed by atoms with van der Waals surface area (Å²) in [6.07, 6.45) is 1.98. The Labute approximate surface area is 158 Å². The van der Waals surface area contributed by atoms with Gasteiger partial charge < -0.3 is 0 Å². The molecular weight excluding hydrogens is 398 g/mol. The van der Waals surface area contributed by atoms with Crippen LogP contribution in [0.4, 0.5) is 23.4 Å². The third-order valence-electron chi connectivity index (χ3n) is 4.04. The molecule has 0 fully saturated rings. The monoisotopic (exact) mass is 413 g/mol. The standard InChI is InChI=1S/C18H15F4N3O2S/c1-2-11-3-5-12(6-4-11)28(26,27)24-16-7-8-25(23-16)10-13-17(21)14(19)9-15(20)18(13)22/h3-9H,2,10H2,1H3,(H,23,24). The van der Waals surface area contributed by atoms with Crippen LogP contribution in [0.1, 0.15) is 18.1 Å². The zero-order valence-corrected chi connectivity index (χ0v) is 15.4. The number of nitrogens with zero attached hydrogens (tertiary/aromatic N) is 2. The van der Waals surface area contributed by atoms with Crippen LogP contribution in [0.3, 0.4) is 0 Å². The average molecular weight is 413 g/mol. The van der Waals surface area contributed by atoms with Gasteiger partial charge in [0.1, 0.15) is 0 Å². The number of sulfonamides is 1. The number of nitrogens with one attached hydrogen (secondary N) is 1. The van der Waals surface area contributed by atoms with Gasteiger partial charge in [0.2, 0.25) is 0 Å². The second-order valence-corrected chi connectivity index (χ2v) is 7.63. The Hall–Kier alpha value is -2.88. The first-order valence-electron chi connectivity index (χ1n) is 8.18. The van der Waals surface area contributed by atoms with Gasteiger partial charge in [-0.05, 0) is 24.1 Å². The summed E-state index contributed by atoms with van der Waals surface area (Å²) in [5, 5.41) is 3.84. The highest BCUT2D eigenvalue weighted by Crippen LogP contribution is 2.21. The number of aromatic nitrogens is 2. The highest BCUT2D eigenvalue weighted by molar-refractivity contribution is 7.92. The number of halogens is 4. The molecular formula is C18H15F4N3O2S. The van der Waals surface area contributed by atoms with E-state index in [2.05, 4.69) is 9.82 Å². The number of hydrogen-bond acceptors (Lipinski definition) is 3. The van der Waals surface area contributed by atoms with Crippen molar-refractivity contribution >= 4 is 15.8 Å². The first kappa shape index (κ1) is 19.9. The van der Waals surface area contributed by atoms with Gasteiger partial charge in [0.25, 0.3) is 10.0 Å². The van der Waals surface area contributed by atoms with Gasteiger partial charge in [-0.15, -0.1) is 0 Å². The normalized spacial score (nSPS) is 11.6. The van der Waals surface area contributed by atoms with Crippen LogP contribution in [0.2, 0.25) is 0 Å². The van der Waals surface area contributed by atoms with E-state index in [1.807, 2.05) is 6.92 Å². The lowest BCUT2D eigenvalue weighted by molar-refractivity contribution is 0.431. The predicted octanol–water partition coefficient (Wildman–Crippen LogP) is 3.85. The van der Waals surface area contributed by atoms with Crippen LogP contribution in [0.5, 0.6) is 0 Å². The maximum Gasteiger partial charge on any atom is 0.263 e. The molecule has 0 radical (unpaired) electrons. The first-order valence-corrected chi connectivity index (χ1v) is 9.66. The van der Waals surface area contributed by atoms with Gasteiger partial charge >= 0.3 is 0 Å². The lowest BCUT2D eigenvalue weighted by Gasteiger charge is -2.08. The SMILES string of the molecule is CCc1ccc(S(=O)(=O)Nc2ccn(Cc3c(F)c(F)cc(F)c3F)n2)cc1. The van der Waals surface area contributed by atoms with Crippen LogP contribution in [0.25, 0.3) is 0 Å². The molecule has 0 aliphatic carbocycles. The molecule has 3 aromatic rings. The molecule has 0 bridgehead atoms. The molecule has 0 spiro atoms. The Balaban J connectivity index is 1.81. The molecule has 2 aromatic carbocycles. The second-order valence-electron chi connectivity index (χ2n) is 5.95. The van der Waals surface area contributed by atoms with E-state index < -0.39 is 45.4 Å². The summed E-state index contributed by atoms with van der Waals surface area (Å²) >= 11 is 0. The molecule has 1 N–H and O–H groups in total. The highest BCUT2D eigenvalue weighted by atomic mass is 32.2. The molecule has 10 heteroatoms. The summed E-state index contributed by atoms with van der Waals surface area (Å²) in [7, 11) is -3.92. The van der Waals surface area contributed by atoms with Crippen molar-refractivity contribution in [2.24, 2.45) is 0 Å². The molecule has 3 rings (SSSR count). The van der Waals surface area contributed by atoms with Crippen LogP contribution in [0, 0.1) is 23.3 Å². The molecule has 0 atom stereocenters. The van der Waals surface area contributed by atoms with E-state index in [4.69, 9.17) is 0 Å². The summed E-state index contributed by atoms with van der Waals surface area (Å²) in [6, 6.07) is 7.61. The van der Waals surface area contributed by atoms with Crippen molar-refractivity contribution in [1.82, 2.24) is 9.78 Å². The van der Waals surface area contributed by atoms with Gasteiger partial charge in [0, 0.05) is 18.3 Å². The van der Waals surface area contributed by atoms with Gasteiger partial charge in [0.15, 0.2) is 29.1 Å². The van der Waals surface area contributed by atoms with Crippen molar-refractivity contribution < 1.29 is 26.0 Å². The van der Waals surface area contributed by atoms with Crippen molar-refractivity contribution in [3.05, 3.63) is 77.0 Å². The minimum atomic E-state index is -3.92. The van der Waals surface area contributed by atoms with Crippen LogP contribution in [0.15, 0.2) is 47.5 Å². The Kier molecular flexibility index (Phi) is 5.41. The van der Waals surface area contributed by atoms with Crippen LogP contribution < -0.4 is 4.72 Å². The van der Waals surface area contributed by atoms with E-state index in [1.165, 1.54) is 24.4 Å². The highest BCUT2D eigenvalue weighted by Gasteiger charge is 2.20. The molecule has 0 unspecified atom stereocenters. The van der Waals surface area contributed by atoms with Crippen LogP contribution in [-0.4, -0.2) is 18.2 Å². The van der Waals surface area contributed by atoms with Gasteiger partial charge in [0.05, 0.1) is 17.0 Å². The zero-order chi connectivity index (χ0) is 20.5. The Bertz CT molecular complexity index is 1090. The lowest BCUT2D eigenvalue weighted by Crippen LogP contribution is -2.14. The molecule has 1 heterocycles. The fraction of sp³-hybridized carbons (Fsp3) is 0.167. The molecule has 0 amide bonds. The quantitative estimate of drug-likeness (QED) is 0.493. The van der Waals surface area contributed by atoms with E-state index in [9.17, 15) is 26.0 Å². The summed E-state index contributed by atoms with van der Waals surface area (Å²) in [5.41, 5.74) is 0.111. The van der Waals surface area contributed by atoms with E-state index >= 15 is 0 Å². The van der Waals surface area contributed by atoms with E-state index in [-0.39, 0.29) is 16.8 Å². The number of hydrogen-bond donors (Lipinski definition) is 1.